The zero-order valence-corrected chi connectivity index (χ0v) is 20.1. The van der Waals surface area contributed by atoms with Gasteiger partial charge < -0.3 is 15.4 Å². The Morgan fingerprint density at radius 1 is 1.06 bits per heavy atom. The van der Waals surface area contributed by atoms with E-state index in [1.54, 1.807) is 26.4 Å². The number of amides is 1. The van der Waals surface area contributed by atoms with E-state index in [2.05, 4.69) is 53.7 Å². The summed E-state index contributed by atoms with van der Waals surface area (Å²) in [6, 6.07) is 19.4. The summed E-state index contributed by atoms with van der Waals surface area (Å²) in [4.78, 5) is 27.9. The van der Waals surface area contributed by atoms with Gasteiger partial charge in [-0.2, -0.15) is 0 Å². The molecule has 2 heterocycles. The molecule has 0 unspecified atom stereocenters. The summed E-state index contributed by atoms with van der Waals surface area (Å²) in [6.45, 7) is 4.41. The number of pyridine rings is 2. The van der Waals surface area contributed by atoms with Gasteiger partial charge in [-0.15, -0.1) is 0 Å². The van der Waals surface area contributed by atoms with Crippen molar-refractivity contribution < 1.29 is 9.53 Å². The maximum atomic E-state index is 12.6. The highest BCUT2D eigenvalue weighted by Crippen LogP contribution is 2.33. The van der Waals surface area contributed by atoms with E-state index in [0.29, 0.717) is 29.3 Å². The molecule has 7 heteroatoms. The average Bonchev–Trinajstić information content (AvgIpc) is 2.87. The predicted octanol–water partition coefficient (Wildman–Crippen LogP) is 5.03. The van der Waals surface area contributed by atoms with Crippen LogP contribution in [0.2, 0.25) is 0 Å². The lowest BCUT2D eigenvalue weighted by molar-refractivity contribution is -0.105. The molecule has 7 nitrogen and oxygen atoms in total. The van der Waals surface area contributed by atoms with Gasteiger partial charge in [0.25, 0.3) is 5.56 Å². The number of hydrogen-bond acceptors (Lipinski definition) is 5. The van der Waals surface area contributed by atoms with Crippen molar-refractivity contribution in [3.63, 3.8) is 0 Å². The Labute approximate surface area is 199 Å². The number of hydrogen-bond donors (Lipinski definition) is 2. The van der Waals surface area contributed by atoms with Crippen molar-refractivity contribution >= 4 is 28.8 Å². The second kappa shape index (κ2) is 11.1. The van der Waals surface area contributed by atoms with E-state index in [4.69, 9.17) is 4.74 Å². The summed E-state index contributed by atoms with van der Waals surface area (Å²) >= 11 is 0. The Bertz CT molecular complexity index is 1350. The third-order valence-electron chi connectivity index (χ3n) is 5.56. The van der Waals surface area contributed by atoms with Crippen LogP contribution in [0.3, 0.4) is 0 Å². The summed E-state index contributed by atoms with van der Waals surface area (Å²) in [6.07, 6.45) is 2.13. The number of rotatable bonds is 6. The van der Waals surface area contributed by atoms with Crippen molar-refractivity contribution in [1.29, 1.82) is 0 Å². The molecule has 2 aromatic heterocycles. The zero-order valence-electron chi connectivity index (χ0n) is 20.1. The van der Waals surface area contributed by atoms with Gasteiger partial charge in [0.05, 0.1) is 7.11 Å². The van der Waals surface area contributed by atoms with Crippen LogP contribution >= 0.6 is 0 Å². The Morgan fingerprint density at radius 3 is 2.47 bits per heavy atom. The minimum Gasteiger partial charge on any atom is -0.497 e. The standard InChI is InChI=1S/C17H15N3O3.C10H15N/c1-20-16-13(7-4-8-18-16)14(15(17(20)22)19-10-21)11-5-3-6-12(9-11)23-2;1-8(2)9-6-4-5-7-10(9)11-3/h3-10H,1-2H3,(H,19,21);4-8,11H,1-3H3. The first-order valence-electron chi connectivity index (χ1n) is 11.0. The molecule has 176 valence electrons. The van der Waals surface area contributed by atoms with Crippen LogP contribution in [0.4, 0.5) is 11.4 Å². The van der Waals surface area contributed by atoms with Gasteiger partial charge in [0, 0.05) is 36.9 Å². The highest BCUT2D eigenvalue weighted by atomic mass is 16.5. The van der Waals surface area contributed by atoms with Gasteiger partial charge in [-0.1, -0.05) is 44.2 Å². The summed E-state index contributed by atoms with van der Waals surface area (Å²) in [5, 5.41) is 6.48. The van der Waals surface area contributed by atoms with E-state index in [0.717, 1.165) is 10.9 Å². The molecule has 2 aromatic carbocycles. The molecular formula is C27H30N4O3. The molecule has 2 N–H and O–H groups in total. The van der Waals surface area contributed by atoms with Crippen LogP contribution in [-0.4, -0.2) is 30.1 Å². The number of aryl methyl sites for hydroxylation is 1. The topological polar surface area (TPSA) is 85.3 Å². The van der Waals surface area contributed by atoms with Gasteiger partial charge in [0.15, 0.2) is 0 Å². The zero-order chi connectivity index (χ0) is 24.7. The lowest BCUT2D eigenvalue weighted by Gasteiger charge is -2.15. The third kappa shape index (κ3) is 5.09. The number of anilines is 2. The highest BCUT2D eigenvalue weighted by molar-refractivity contribution is 6.01. The van der Waals surface area contributed by atoms with Crippen LogP contribution in [-0.2, 0) is 11.8 Å². The molecule has 0 atom stereocenters. The molecule has 0 radical (unpaired) electrons. The monoisotopic (exact) mass is 458 g/mol. The summed E-state index contributed by atoms with van der Waals surface area (Å²) in [7, 11) is 5.16. The van der Waals surface area contributed by atoms with Crippen molar-refractivity contribution in [3.05, 3.63) is 82.8 Å². The summed E-state index contributed by atoms with van der Waals surface area (Å²) < 4.78 is 6.67. The molecule has 0 aliphatic rings. The SMILES string of the molecule is CNc1ccccc1C(C)C.COc1cccc(-c2c(NC=O)c(=O)n(C)c3ncccc23)c1. The quantitative estimate of drug-likeness (QED) is 0.396. The molecule has 4 rings (SSSR count). The largest absolute Gasteiger partial charge is 0.497 e. The number of aromatic nitrogens is 2. The molecule has 0 fully saturated rings. The predicted molar refractivity (Wildman–Crippen MR) is 139 cm³/mol. The van der Waals surface area contributed by atoms with Gasteiger partial charge in [0.1, 0.15) is 17.1 Å². The number of ether oxygens (including phenoxy) is 1. The van der Waals surface area contributed by atoms with Gasteiger partial charge in [-0.05, 0) is 47.4 Å². The van der Waals surface area contributed by atoms with E-state index in [1.807, 2.05) is 37.4 Å². The Kier molecular flexibility index (Phi) is 8.03. The first kappa shape index (κ1) is 24.5. The Morgan fingerprint density at radius 2 is 1.82 bits per heavy atom. The smallest absolute Gasteiger partial charge is 0.276 e. The fraction of sp³-hybridized carbons (Fsp3) is 0.222. The first-order valence-corrected chi connectivity index (χ1v) is 11.0. The van der Waals surface area contributed by atoms with Crippen LogP contribution < -0.4 is 20.9 Å². The van der Waals surface area contributed by atoms with Crippen LogP contribution in [0, 0.1) is 0 Å². The van der Waals surface area contributed by atoms with E-state index in [1.165, 1.54) is 15.8 Å². The number of benzene rings is 2. The number of nitrogens with zero attached hydrogens (tertiary/aromatic N) is 2. The van der Waals surface area contributed by atoms with Gasteiger partial charge in [0.2, 0.25) is 6.41 Å². The molecule has 0 saturated carbocycles. The lowest BCUT2D eigenvalue weighted by atomic mass is 10.0. The fourth-order valence-electron chi connectivity index (χ4n) is 3.86. The molecular weight excluding hydrogens is 428 g/mol. The third-order valence-corrected chi connectivity index (χ3v) is 5.56. The van der Waals surface area contributed by atoms with E-state index >= 15 is 0 Å². The van der Waals surface area contributed by atoms with Crippen LogP contribution in [0.15, 0.2) is 71.7 Å². The van der Waals surface area contributed by atoms with Crippen molar-refractivity contribution in [2.45, 2.75) is 19.8 Å². The van der Waals surface area contributed by atoms with Crippen molar-refractivity contribution in [3.8, 4) is 16.9 Å². The average molecular weight is 459 g/mol. The highest BCUT2D eigenvalue weighted by Gasteiger charge is 2.17. The van der Waals surface area contributed by atoms with Crippen molar-refractivity contribution in [2.75, 3.05) is 24.8 Å². The molecule has 0 aliphatic heterocycles. The number of nitrogens with one attached hydrogen (secondary N) is 2. The number of methoxy groups -OCH3 is 1. The molecule has 34 heavy (non-hydrogen) atoms. The molecule has 4 aromatic rings. The minimum absolute atomic E-state index is 0.219. The lowest BCUT2D eigenvalue weighted by Crippen LogP contribution is -2.23. The Balaban J connectivity index is 0.000000248. The molecule has 0 saturated heterocycles. The first-order chi connectivity index (χ1) is 16.4. The summed E-state index contributed by atoms with van der Waals surface area (Å²) in [5.41, 5.74) is 4.47. The number of fused-ring (bicyclic) bond motifs is 1. The second-order valence-corrected chi connectivity index (χ2v) is 7.97. The van der Waals surface area contributed by atoms with Gasteiger partial charge in [-0.3, -0.25) is 14.2 Å². The van der Waals surface area contributed by atoms with Crippen molar-refractivity contribution in [2.24, 2.45) is 7.05 Å². The minimum atomic E-state index is -0.318. The van der Waals surface area contributed by atoms with Crippen LogP contribution in [0.1, 0.15) is 25.3 Å². The fourth-order valence-corrected chi connectivity index (χ4v) is 3.86. The van der Waals surface area contributed by atoms with E-state index in [9.17, 15) is 9.59 Å². The molecule has 0 spiro atoms. The summed E-state index contributed by atoms with van der Waals surface area (Å²) in [5.74, 6) is 1.26. The van der Waals surface area contributed by atoms with Crippen molar-refractivity contribution in [1.82, 2.24) is 9.55 Å². The molecule has 0 bridgehead atoms. The maximum absolute atomic E-state index is 12.6. The second-order valence-electron chi connectivity index (χ2n) is 7.97. The van der Waals surface area contributed by atoms with Gasteiger partial charge in [-0.25, -0.2) is 4.98 Å². The molecule has 1 amide bonds. The number of para-hydroxylation sites is 1. The number of carbonyl (C=O) groups is 1. The van der Waals surface area contributed by atoms with E-state index in [-0.39, 0.29) is 11.2 Å². The molecule has 0 aliphatic carbocycles. The van der Waals surface area contributed by atoms with Crippen LogP contribution in [0.5, 0.6) is 5.75 Å². The normalized spacial score (nSPS) is 10.4. The Hall–Kier alpha value is -4.13. The number of carbonyl (C=O) groups excluding carboxylic acids is 1. The maximum Gasteiger partial charge on any atom is 0.276 e. The van der Waals surface area contributed by atoms with E-state index < -0.39 is 0 Å². The van der Waals surface area contributed by atoms with Crippen LogP contribution in [0.25, 0.3) is 22.2 Å². The van der Waals surface area contributed by atoms with Gasteiger partial charge >= 0.3 is 0 Å².